The summed E-state index contributed by atoms with van der Waals surface area (Å²) in [5.41, 5.74) is 1.21. The van der Waals surface area contributed by atoms with E-state index in [0.29, 0.717) is 21.2 Å². The fourth-order valence-corrected chi connectivity index (χ4v) is 2.72. The van der Waals surface area contributed by atoms with Crippen molar-refractivity contribution in [3.8, 4) is 5.75 Å². The Kier molecular flexibility index (Phi) is 5.85. The highest BCUT2D eigenvalue weighted by Gasteiger charge is 2.15. The lowest BCUT2D eigenvalue weighted by atomic mass is 10.1. The molecular weight excluding hydrogens is 340 g/mol. The van der Waals surface area contributed by atoms with Crippen LogP contribution >= 0.6 is 23.2 Å². The Bertz CT molecular complexity index is 701. The minimum Gasteiger partial charge on any atom is -0.494 e. The average Bonchev–Trinajstić information content (AvgIpc) is 2.51. The fourth-order valence-electron chi connectivity index (χ4n) is 2.19. The molecule has 1 amide bonds. The zero-order chi connectivity index (χ0) is 17.0. The third-order valence-electron chi connectivity index (χ3n) is 3.45. The second kappa shape index (κ2) is 7.66. The molecule has 2 aromatic carbocycles. The predicted octanol–water partition coefficient (Wildman–Crippen LogP) is 4.56. The van der Waals surface area contributed by atoms with E-state index in [0.717, 1.165) is 0 Å². The van der Waals surface area contributed by atoms with E-state index >= 15 is 0 Å². The zero-order valence-corrected chi connectivity index (χ0v) is 14.2. The fraction of sp³-hybridized carbons (Fsp3) is 0.235. The Hall–Kier alpha value is -1.78. The van der Waals surface area contributed by atoms with Crippen LogP contribution in [0.4, 0.5) is 4.39 Å². The molecule has 2 rings (SSSR count). The predicted molar refractivity (Wildman–Crippen MR) is 89.7 cm³/mol. The number of hydrogen-bond donors (Lipinski definition) is 1. The summed E-state index contributed by atoms with van der Waals surface area (Å²) in [5.74, 6) is -0.556. The van der Waals surface area contributed by atoms with E-state index in [9.17, 15) is 9.18 Å². The second-order valence-corrected chi connectivity index (χ2v) is 5.87. The van der Waals surface area contributed by atoms with Crippen molar-refractivity contribution in [3.63, 3.8) is 0 Å². The lowest BCUT2D eigenvalue weighted by Gasteiger charge is -2.16. The molecule has 23 heavy (non-hydrogen) atoms. The highest BCUT2D eigenvalue weighted by Crippen LogP contribution is 2.25. The smallest absolute Gasteiger partial charge is 0.225 e. The molecule has 0 saturated heterocycles. The standard InChI is InChI=1S/C17H16Cl2FNO2/c1-10(11-6-7-16(23-2)15(20)8-11)21-17(22)9-12-13(18)4-3-5-14(12)19/h3-8,10H,9H2,1-2H3,(H,21,22)/t10-/m0/s1. The van der Waals surface area contributed by atoms with Gasteiger partial charge in [-0.2, -0.15) is 0 Å². The molecule has 0 radical (unpaired) electrons. The summed E-state index contributed by atoms with van der Waals surface area (Å²) in [6, 6.07) is 9.29. The van der Waals surface area contributed by atoms with E-state index in [1.54, 1.807) is 31.2 Å². The van der Waals surface area contributed by atoms with Crippen molar-refractivity contribution in [2.24, 2.45) is 0 Å². The number of halogens is 3. The van der Waals surface area contributed by atoms with E-state index in [4.69, 9.17) is 27.9 Å². The van der Waals surface area contributed by atoms with E-state index in [2.05, 4.69) is 5.32 Å². The molecule has 0 aromatic heterocycles. The van der Waals surface area contributed by atoms with Crippen LogP contribution in [-0.4, -0.2) is 13.0 Å². The molecule has 0 aliphatic heterocycles. The number of carbonyl (C=O) groups is 1. The van der Waals surface area contributed by atoms with Crippen molar-refractivity contribution in [2.45, 2.75) is 19.4 Å². The molecule has 3 nitrogen and oxygen atoms in total. The number of ether oxygens (including phenoxy) is 1. The number of rotatable bonds is 5. The molecule has 0 unspecified atom stereocenters. The van der Waals surface area contributed by atoms with Gasteiger partial charge in [-0.05, 0) is 42.3 Å². The minimum absolute atomic E-state index is 0.0570. The van der Waals surface area contributed by atoms with Crippen LogP contribution in [0, 0.1) is 5.82 Å². The van der Waals surface area contributed by atoms with Crippen molar-refractivity contribution in [1.29, 1.82) is 0 Å². The number of benzene rings is 2. The zero-order valence-electron chi connectivity index (χ0n) is 12.7. The van der Waals surface area contributed by atoms with Crippen LogP contribution in [0.15, 0.2) is 36.4 Å². The summed E-state index contributed by atoms with van der Waals surface area (Å²) >= 11 is 12.1. The van der Waals surface area contributed by atoms with Crippen molar-refractivity contribution >= 4 is 29.1 Å². The third kappa shape index (κ3) is 4.36. The first-order valence-electron chi connectivity index (χ1n) is 6.98. The number of nitrogens with one attached hydrogen (secondary N) is 1. The first-order chi connectivity index (χ1) is 10.9. The van der Waals surface area contributed by atoms with Crippen LogP contribution in [0.3, 0.4) is 0 Å². The molecular formula is C17H16Cl2FNO2. The molecule has 0 aliphatic rings. The number of methoxy groups -OCH3 is 1. The summed E-state index contributed by atoms with van der Waals surface area (Å²) in [4.78, 5) is 12.2. The van der Waals surface area contributed by atoms with Gasteiger partial charge in [0.05, 0.1) is 19.6 Å². The lowest BCUT2D eigenvalue weighted by Crippen LogP contribution is -2.28. The summed E-state index contributed by atoms with van der Waals surface area (Å²) in [5, 5.41) is 3.68. The molecule has 6 heteroatoms. The molecule has 1 atom stereocenters. The van der Waals surface area contributed by atoms with Gasteiger partial charge in [0, 0.05) is 10.0 Å². The number of hydrogen-bond acceptors (Lipinski definition) is 2. The van der Waals surface area contributed by atoms with Crippen molar-refractivity contribution in [1.82, 2.24) is 5.32 Å². The quantitative estimate of drug-likeness (QED) is 0.853. The summed E-state index contributed by atoms with van der Waals surface area (Å²) in [7, 11) is 1.40. The molecule has 2 aromatic rings. The molecule has 0 bridgehead atoms. The van der Waals surface area contributed by atoms with Gasteiger partial charge in [0.1, 0.15) is 0 Å². The van der Waals surface area contributed by atoms with Gasteiger partial charge < -0.3 is 10.1 Å². The normalized spacial score (nSPS) is 11.9. The second-order valence-electron chi connectivity index (χ2n) is 5.06. The van der Waals surface area contributed by atoms with E-state index in [1.807, 2.05) is 0 Å². The number of carbonyl (C=O) groups excluding carboxylic acids is 1. The maximum atomic E-state index is 13.7. The highest BCUT2D eigenvalue weighted by molar-refractivity contribution is 6.36. The van der Waals surface area contributed by atoms with Gasteiger partial charge in [-0.3, -0.25) is 4.79 Å². The molecule has 0 fully saturated rings. The van der Waals surface area contributed by atoms with Gasteiger partial charge in [0.25, 0.3) is 0 Å². The monoisotopic (exact) mass is 355 g/mol. The molecule has 0 spiro atoms. The van der Waals surface area contributed by atoms with Gasteiger partial charge in [-0.15, -0.1) is 0 Å². The van der Waals surface area contributed by atoms with Crippen LogP contribution in [0.25, 0.3) is 0 Å². The van der Waals surface area contributed by atoms with E-state index in [-0.39, 0.29) is 24.1 Å². The van der Waals surface area contributed by atoms with Gasteiger partial charge in [-0.25, -0.2) is 4.39 Å². The van der Waals surface area contributed by atoms with Crippen LogP contribution in [0.1, 0.15) is 24.1 Å². The van der Waals surface area contributed by atoms with Crippen LogP contribution < -0.4 is 10.1 Å². The maximum Gasteiger partial charge on any atom is 0.225 e. The minimum atomic E-state index is -0.472. The molecule has 0 saturated carbocycles. The first kappa shape index (κ1) is 17.6. The van der Waals surface area contributed by atoms with Crippen LogP contribution in [-0.2, 0) is 11.2 Å². The van der Waals surface area contributed by atoms with Gasteiger partial charge >= 0.3 is 0 Å². The summed E-state index contributed by atoms with van der Waals surface area (Å²) in [6.45, 7) is 1.77. The highest BCUT2D eigenvalue weighted by atomic mass is 35.5. The van der Waals surface area contributed by atoms with E-state index < -0.39 is 5.82 Å². The largest absolute Gasteiger partial charge is 0.494 e. The summed E-state index contributed by atoms with van der Waals surface area (Å²) < 4.78 is 18.6. The van der Waals surface area contributed by atoms with Gasteiger partial charge in [0.15, 0.2) is 11.6 Å². The Morgan fingerprint density at radius 1 is 1.26 bits per heavy atom. The van der Waals surface area contributed by atoms with E-state index in [1.165, 1.54) is 19.2 Å². The Balaban J connectivity index is 2.06. The van der Waals surface area contributed by atoms with Gasteiger partial charge in [-0.1, -0.05) is 35.3 Å². The van der Waals surface area contributed by atoms with Gasteiger partial charge in [0.2, 0.25) is 5.91 Å². The van der Waals surface area contributed by atoms with Crippen molar-refractivity contribution in [2.75, 3.05) is 7.11 Å². The van der Waals surface area contributed by atoms with Crippen LogP contribution in [0.5, 0.6) is 5.75 Å². The number of amides is 1. The molecule has 0 aliphatic carbocycles. The molecule has 1 N–H and O–H groups in total. The first-order valence-corrected chi connectivity index (χ1v) is 7.73. The third-order valence-corrected chi connectivity index (χ3v) is 4.16. The lowest BCUT2D eigenvalue weighted by molar-refractivity contribution is -0.121. The SMILES string of the molecule is COc1ccc([C@H](C)NC(=O)Cc2c(Cl)cccc2Cl)cc1F. The topological polar surface area (TPSA) is 38.3 Å². The Morgan fingerprint density at radius 3 is 2.48 bits per heavy atom. The Morgan fingerprint density at radius 2 is 1.91 bits per heavy atom. The summed E-state index contributed by atoms with van der Waals surface area (Å²) in [6.07, 6.45) is 0.0570. The van der Waals surface area contributed by atoms with Crippen LogP contribution in [0.2, 0.25) is 10.0 Å². The maximum absolute atomic E-state index is 13.7. The molecule has 122 valence electrons. The Labute approximate surface area is 144 Å². The van der Waals surface area contributed by atoms with Crippen molar-refractivity contribution in [3.05, 3.63) is 63.4 Å². The molecule has 0 heterocycles. The average molecular weight is 356 g/mol. The van der Waals surface area contributed by atoms with Crippen molar-refractivity contribution < 1.29 is 13.9 Å².